The van der Waals surface area contributed by atoms with Crippen LogP contribution in [0.3, 0.4) is 0 Å². The molecule has 0 unspecified atom stereocenters. The number of nitriles is 1. The van der Waals surface area contributed by atoms with Gasteiger partial charge in [-0.05, 0) is 74.9 Å². The summed E-state index contributed by atoms with van der Waals surface area (Å²) >= 11 is 6.35. The predicted octanol–water partition coefficient (Wildman–Crippen LogP) is 6.34. The highest BCUT2D eigenvalue weighted by Crippen LogP contribution is 2.36. The molecule has 1 amide bonds. The molecule has 0 N–H and O–H groups in total. The Labute approximate surface area is 205 Å². The van der Waals surface area contributed by atoms with Gasteiger partial charge in [-0.25, -0.2) is 4.79 Å². The number of hydrogen-bond acceptors (Lipinski definition) is 4. The van der Waals surface area contributed by atoms with Crippen LogP contribution in [0, 0.1) is 11.3 Å². The van der Waals surface area contributed by atoms with Gasteiger partial charge in [0.05, 0.1) is 23.8 Å². The van der Waals surface area contributed by atoms with Crippen LogP contribution in [-0.4, -0.2) is 41.4 Å². The summed E-state index contributed by atoms with van der Waals surface area (Å²) in [4.78, 5) is 14.3. The van der Waals surface area contributed by atoms with Crippen molar-refractivity contribution in [3.8, 4) is 11.8 Å². The van der Waals surface area contributed by atoms with Crippen molar-refractivity contribution in [1.82, 2.24) is 9.47 Å². The van der Waals surface area contributed by atoms with Crippen LogP contribution in [0.2, 0.25) is 5.02 Å². The number of hydrogen-bond donors (Lipinski definition) is 0. The van der Waals surface area contributed by atoms with Crippen molar-refractivity contribution >= 4 is 28.6 Å². The van der Waals surface area contributed by atoms with E-state index in [1.54, 1.807) is 12.0 Å². The third-order valence-electron chi connectivity index (χ3n) is 6.20. The first kappa shape index (κ1) is 24.0. The molecule has 178 valence electrons. The van der Waals surface area contributed by atoms with Gasteiger partial charge in [0.25, 0.3) is 0 Å². The van der Waals surface area contributed by atoms with E-state index in [9.17, 15) is 10.1 Å². The van der Waals surface area contributed by atoms with Gasteiger partial charge in [-0.3, -0.25) is 0 Å². The van der Waals surface area contributed by atoms with Crippen LogP contribution >= 0.6 is 11.6 Å². The number of amides is 1. The van der Waals surface area contributed by atoms with Crippen molar-refractivity contribution in [1.29, 1.82) is 5.26 Å². The molecule has 0 spiro atoms. The zero-order valence-electron chi connectivity index (χ0n) is 20.1. The Hall–Kier alpha value is -3.17. The van der Waals surface area contributed by atoms with Crippen molar-refractivity contribution in [2.24, 2.45) is 0 Å². The summed E-state index contributed by atoms with van der Waals surface area (Å²) in [6, 6.07) is 13.9. The van der Waals surface area contributed by atoms with Gasteiger partial charge >= 0.3 is 6.09 Å². The number of likely N-dealkylation sites (tertiary alicyclic amines) is 1. The molecule has 0 aliphatic carbocycles. The average molecular weight is 480 g/mol. The van der Waals surface area contributed by atoms with E-state index < -0.39 is 5.60 Å². The monoisotopic (exact) mass is 479 g/mol. The maximum Gasteiger partial charge on any atom is 0.410 e. The van der Waals surface area contributed by atoms with E-state index in [2.05, 4.69) is 16.8 Å². The molecule has 0 saturated carbocycles. The standard InChI is InChI=1S/C27H30ClN3O3/c1-27(2,3)34-26(32)30-11-9-20(10-12-30)22-17-31(24-14-18(15-29)5-7-21(22)24)16-19-6-8-25(33-4)23(28)13-19/h5-8,13-14,17,20H,9-12,16H2,1-4H3. The maximum atomic E-state index is 12.5. The van der Waals surface area contributed by atoms with Crippen molar-refractivity contribution < 1.29 is 14.3 Å². The number of benzene rings is 2. The lowest BCUT2D eigenvalue weighted by Crippen LogP contribution is -2.41. The third-order valence-corrected chi connectivity index (χ3v) is 6.49. The smallest absolute Gasteiger partial charge is 0.410 e. The molecule has 34 heavy (non-hydrogen) atoms. The Morgan fingerprint density at radius 2 is 1.91 bits per heavy atom. The van der Waals surface area contributed by atoms with Gasteiger partial charge in [-0.15, -0.1) is 0 Å². The van der Waals surface area contributed by atoms with Gasteiger partial charge in [0.2, 0.25) is 0 Å². The minimum absolute atomic E-state index is 0.247. The fourth-order valence-electron chi connectivity index (χ4n) is 4.55. The molecule has 0 atom stereocenters. The minimum atomic E-state index is -0.496. The van der Waals surface area contributed by atoms with Crippen LogP contribution in [0.15, 0.2) is 42.6 Å². The van der Waals surface area contributed by atoms with Crippen LogP contribution < -0.4 is 4.74 Å². The molecular weight excluding hydrogens is 450 g/mol. The van der Waals surface area contributed by atoms with Gasteiger partial charge in [-0.1, -0.05) is 23.7 Å². The maximum absolute atomic E-state index is 12.5. The predicted molar refractivity (Wildman–Crippen MR) is 134 cm³/mol. The second-order valence-corrected chi connectivity index (χ2v) is 10.2. The molecule has 1 saturated heterocycles. The molecule has 0 bridgehead atoms. The molecule has 1 aliphatic heterocycles. The minimum Gasteiger partial charge on any atom is -0.495 e. The quantitative estimate of drug-likeness (QED) is 0.438. The summed E-state index contributed by atoms with van der Waals surface area (Å²) in [6.45, 7) is 7.62. The Balaban J connectivity index is 1.60. The van der Waals surface area contributed by atoms with Gasteiger partial charge in [0, 0.05) is 36.7 Å². The van der Waals surface area contributed by atoms with Crippen LogP contribution in [0.5, 0.6) is 5.75 Å². The second-order valence-electron chi connectivity index (χ2n) is 9.77. The molecule has 2 heterocycles. The van der Waals surface area contributed by atoms with Gasteiger partial charge in [0.15, 0.2) is 0 Å². The number of rotatable bonds is 4. The first-order chi connectivity index (χ1) is 16.2. The highest BCUT2D eigenvalue weighted by atomic mass is 35.5. The van der Waals surface area contributed by atoms with Crippen molar-refractivity contribution in [2.75, 3.05) is 20.2 Å². The first-order valence-corrected chi connectivity index (χ1v) is 11.9. The Morgan fingerprint density at radius 3 is 2.53 bits per heavy atom. The number of aromatic nitrogens is 1. The third kappa shape index (κ3) is 5.15. The summed E-state index contributed by atoms with van der Waals surface area (Å²) in [7, 11) is 1.60. The van der Waals surface area contributed by atoms with E-state index >= 15 is 0 Å². The SMILES string of the molecule is COc1ccc(Cn2cc(C3CCN(C(=O)OC(C)(C)C)CC3)c3ccc(C#N)cc32)cc1Cl. The summed E-state index contributed by atoms with van der Waals surface area (Å²) < 4.78 is 13.0. The van der Waals surface area contributed by atoms with E-state index in [1.807, 2.05) is 57.2 Å². The number of carbonyl (C=O) groups is 1. The zero-order chi connectivity index (χ0) is 24.5. The molecule has 3 aromatic rings. The topological polar surface area (TPSA) is 67.5 Å². The van der Waals surface area contributed by atoms with E-state index in [0.717, 1.165) is 29.3 Å². The van der Waals surface area contributed by atoms with Crippen LogP contribution in [0.25, 0.3) is 10.9 Å². The molecule has 4 rings (SSSR count). The molecule has 1 aromatic heterocycles. The number of carbonyl (C=O) groups excluding carboxylic acids is 1. The highest BCUT2D eigenvalue weighted by molar-refractivity contribution is 6.32. The zero-order valence-corrected chi connectivity index (χ0v) is 20.9. The molecule has 1 aliphatic rings. The number of halogens is 1. The Bertz CT molecular complexity index is 1240. The van der Waals surface area contributed by atoms with Crippen molar-refractivity contribution in [2.45, 2.75) is 51.7 Å². The fraction of sp³-hybridized carbons (Fsp3) is 0.407. The molecule has 2 aromatic carbocycles. The van der Waals surface area contributed by atoms with E-state index in [0.29, 0.717) is 41.9 Å². The summed E-state index contributed by atoms with van der Waals surface area (Å²) in [5.41, 5.74) is 3.46. The summed E-state index contributed by atoms with van der Waals surface area (Å²) in [5.74, 6) is 0.974. The Morgan fingerprint density at radius 1 is 1.18 bits per heavy atom. The number of methoxy groups -OCH3 is 1. The van der Waals surface area contributed by atoms with Gasteiger partial charge in [0.1, 0.15) is 11.4 Å². The van der Waals surface area contributed by atoms with Gasteiger partial charge in [-0.2, -0.15) is 5.26 Å². The lowest BCUT2D eigenvalue weighted by molar-refractivity contribution is 0.0205. The lowest BCUT2D eigenvalue weighted by Gasteiger charge is -2.33. The number of piperidine rings is 1. The fourth-order valence-corrected chi connectivity index (χ4v) is 4.83. The highest BCUT2D eigenvalue weighted by Gasteiger charge is 2.29. The molecule has 7 heteroatoms. The van der Waals surface area contributed by atoms with Crippen LogP contribution in [0.4, 0.5) is 4.79 Å². The first-order valence-electron chi connectivity index (χ1n) is 11.5. The van der Waals surface area contributed by atoms with Crippen molar-refractivity contribution in [3.63, 3.8) is 0 Å². The molecule has 6 nitrogen and oxygen atoms in total. The number of ether oxygens (including phenoxy) is 2. The van der Waals surface area contributed by atoms with Crippen molar-refractivity contribution in [3.05, 3.63) is 64.3 Å². The van der Waals surface area contributed by atoms with Crippen LogP contribution in [-0.2, 0) is 11.3 Å². The lowest BCUT2D eigenvalue weighted by atomic mass is 9.89. The van der Waals surface area contributed by atoms with E-state index in [1.165, 1.54) is 5.56 Å². The normalized spacial score (nSPS) is 14.8. The van der Waals surface area contributed by atoms with E-state index in [-0.39, 0.29) is 6.09 Å². The van der Waals surface area contributed by atoms with Crippen LogP contribution in [0.1, 0.15) is 56.2 Å². The number of nitrogens with zero attached hydrogens (tertiary/aromatic N) is 3. The second kappa shape index (κ2) is 9.60. The molecule has 1 fully saturated rings. The Kier molecular flexibility index (Phi) is 6.77. The van der Waals surface area contributed by atoms with E-state index in [4.69, 9.17) is 21.1 Å². The molecule has 0 radical (unpaired) electrons. The average Bonchev–Trinajstić information content (AvgIpc) is 3.15. The summed E-state index contributed by atoms with van der Waals surface area (Å²) in [6.07, 6.45) is 3.68. The number of fused-ring (bicyclic) bond motifs is 1. The summed E-state index contributed by atoms with van der Waals surface area (Å²) in [5, 5.41) is 11.2. The van der Waals surface area contributed by atoms with Gasteiger partial charge < -0.3 is 18.9 Å². The largest absolute Gasteiger partial charge is 0.495 e. The molecular formula is C27H30ClN3O3.